The molecule has 3 nitrogen and oxygen atoms in total. The van der Waals surface area contributed by atoms with Gasteiger partial charge in [0, 0.05) is 5.75 Å². The second kappa shape index (κ2) is 3.83. The Morgan fingerprint density at radius 2 is 2.20 bits per heavy atom. The monoisotopic (exact) mass is 164 g/mol. The maximum atomic E-state index is 10.4. The number of carbonyl (C=O) groups is 1. The van der Waals surface area contributed by atoms with Gasteiger partial charge in [-0.25, -0.2) is 4.79 Å². The highest BCUT2D eigenvalue weighted by Crippen LogP contribution is 2.17. The second-order valence-corrected chi connectivity index (χ2v) is 3.29. The molecule has 0 heterocycles. The molecule has 0 bridgehead atoms. The Morgan fingerprint density at radius 1 is 1.70 bits per heavy atom. The average Bonchev–Trinajstić information content (AvgIpc) is 1.84. The van der Waals surface area contributed by atoms with E-state index in [1.54, 1.807) is 0 Å². The van der Waals surface area contributed by atoms with Gasteiger partial charge in [0.15, 0.2) is 5.60 Å². The average molecular weight is 164 g/mol. The molecule has 0 amide bonds. The second-order valence-electron chi connectivity index (χ2n) is 2.31. The van der Waals surface area contributed by atoms with Crippen molar-refractivity contribution >= 4 is 18.0 Å². The van der Waals surface area contributed by atoms with Crippen LogP contribution < -0.4 is 0 Å². The first-order valence-corrected chi connectivity index (χ1v) is 3.95. The standard InChI is InChI=1S/C6H12O3S/c1-4-10-9-6(2,3)5(7)8/h4H2,1-3H3,(H,7,8). The lowest BCUT2D eigenvalue weighted by Crippen LogP contribution is -2.32. The minimum absolute atomic E-state index is 0.761. The zero-order chi connectivity index (χ0) is 8.20. The molecular weight excluding hydrogens is 152 g/mol. The van der Waals surface area contributed by atoms with E-state index in [4.69, 9.17) is 9.29 Å². The molecule has 0 spiro atoms. The zero-order valence-corrected chi connectivity index (χ0v) is 7.20. The van der Waals surface area contributed by atoms with Crippen LogP contribution in [0.1, 0.15) is 20.8 Å². The van der Waals surface area contributed by atoms with Crippen molar-refractivity contribution in [1.29, 1.82) is 0 Å². The summed E-state index contributed by atoms with van der Waals surface area (Å²) in [6.45, 7) is 4.96. The summed E-state index contributed by atoms with van der Waals surface area (Å²) in [6, 6.07) is 0. The minimum atomic E-state index is -1.07. The van der Waals surface area contributed by atoms with E-state index < -0.39 is 11.6 Å². The van der Waals surface area contributed by atoms with Crippen LogP contribution in [-0.4, -0.2) is 22.4 Å². The topological polar surface area (TPSA) is 46.5 Å². The third kappa shape index (κ3) is 3.08. The van der Waals surface area contributed by atoms with E-state index in [9.17, 15) is 4.79 Å². The summed E-state index contributed by atoms with van der Waals surface area (Å²) >= 11 is 1.16. The zero-order valence-electron chi connectivity index (χ0n) is 6.38. The van der Waals surface area contributed by atoms with Crippen LogP contribution in [0, 0.1) is 0 Å². The lowest BCUT2D eigenvalue weighted by molar-refractivity contribution is -0.151. The highest BCUT2D eigenvalue weighted by molar-refractivity contribution is 7.94. The highest BCUT2D eigenvalue weighted by atomic mass is 32.2. The predicted molar refractivity (Wildman–Crippen MR) is 40.9 cm³/mol. The van der Waals surface area contributed by atoms with Crippen molar-refractivity contribution in [2.75, 3.05) is 5.75 Å². The lowest BCUT2D eigenvalue weighted by atomic mass is 10.1. The van der Waals surface area contributed by atoms with Gasteiger partial charge in [0.2, 0.25) is 0 Å². The maximum Gasteiger partial charge on any atom is 0.336 e. The van der Waals surface area contributed by atoms with Gasteiger partial charge in [-0.05, 0) is 25.9 Å². The number of rotatable bonds is 4. The molecule has 0 saturated heterocycles. The fourth-order valence-corrected chi connectivity index (χ4v) is 0.726. The van der Waals surface area contributed by atoms with E-state index in [2.05, 4.69) is 0 Å². The van der Waals surface area contributed by atoms with Crippen molar-refractivity contribution in [3.05, 3.63) is 0 Å². The Labute approximate surface area is 65.0 Å². The van der Waals surface area contributed by atoms with Gasteiger partial charge >= 0.3 is 5.97 Å². The van der Waals surface area contributed by atoms with Crippen LogP contribution in [0.3, 0.4) is 0 Å². The summed E-state index contributed by atoms with van der Waals surface area (Å²) in [6.07, 6.45) is 0. The van der Waals surface area contributed by atoms with Crippen molar-refractivity contribution in [3.63, 3.8) is 0 Å². The first kappa shape index (κ1) is 9.78. The molecule has 10 heavy (non-hydrogen) atoms. The van der Waals surface area contributed by atoms with E-state index in [-0.39, 0.29) is 0 Å². The molecule has 0 atom stereocenters. The van der Waals surface area contributed by atoms with Crippen LogP contribution >= 0.6 is 12.0 Å². The summed E-state index contributed by atoms with van der Waals surface area (Å²) < 4.78 is 4.96. The largest absolute Gasteiger partial charge is 0.479 e. The first-order valence-electron chi connectivity index (χ1n) is 3.04. The quantitative estimate of drug-likeness (QED) is 0.640. The van der Waals surface area contributed by atoms with Crippen molar-refractivity contribution in [2.24, 2.45) is 0 Å². The van der Waals surface area contributed by atoms with Crippen LogP contribution in [0.4, 0.5) is 0 Å². The van der Waals surface area contributed by atoms with E-state index in [0.29, 0.717) is 0 Å². The van der Waals surface area contributed by atoms with Gasteiger partial charge in [-0.2, -0.15) is 0 Å². The number of carboxylic acid groups (broad SMARTS) is 1. The van der Waals surface area contributed by atoms with Crippen molar-refractivity contribution in [2.45, 2.75) is 26.4 Å². The molecule has 0 aromatic rings. The van der Waals surface area contributed by atoms with Gasteiger partial charge in [-0.3, -0.25) is 4.18 Å². The summed E-state index contributed by atoms with van der Waals surface area (Å²) in [5.41, 5.74) is -1.07. The molecule has 0 fully saturated rings. The SMILES string of the molecule is CCSOC(C)(C)C(=O)O. The molecule has 0 aromatic heterocycles. The first-order chi connectivity index (χ1) is 4.50. The molecular formula is C6H12O3S. The number of carboxylic acids is 1. The smallest absolute Gasteiger partial charge is 0.336 e. The molecule has 0 aliphatic carbocycles. The molecule has 4 heteroatoms. The van der Waals surface area contributed by atoms with E-state index in [1.165, 1.54) is 13.8 Å². The Balaban J connectivity index is 3.75. The summed E-state index contributed by atoms with van der Waals surface area (Å²) in [5.74, 6) is -0.176. The van der Waals surface area contributed by atoms with E-state index >= 15 is 0 Å². The normalized spacial score (nSPS) is 11.5. The fourth-order valence-electron chi connectivity index (χ4n) is 0.242. The third-order valence-electron chi connectivity index (χ3n) is 0.900. The third-order valence-corrected chi connectivity index (χ3v) is 1.67. The van der Waals surface area contributed by atoms with Gasteiger partial charge in [0.05, 0.1) is 0 Å². The molecule has 0 unspecified atom stereocenters. The van der Waals surface area contributed by atoms with E-state index in [1.807, 2.05) is 6.92 Å². The summed E-state index contributed by atoms with van der Waals surface area (Å²) in [7, 11) is 0. The number of hydrogen-bond donors (Lipinski definition) is 1. The van der Waals surface area contributed by atoms with Crippen LogP contribution in [0.5, 0.6) is 0 Å². The predicted octanol–water partition coefficient (Wildman–Crippen LogP) is 1.53. The molecule has 1 N–H and O–H groups in total. The van der Waals surface area contributed by atoms with Gasteiger partial charge in [-0.15, -0.1) is 0 Å². The molecule has 0 aromatic carbocycles. The lowest BCUT2D eigenvalue weighted by Gasteiger charge is -2.17. The van der Waals surface area contributed by atoms with Crippen LogP contribution in [0.25, 0.3) is 0 Å². The Kier molecular flexibility index (Phi) is 3.75. The molecule has 0 rings (SSSR count). The molecule has 0 radical (unpaired) electrons. The van der Waals surface area contributed by atoms with Gasteiger partial charge in [0.25, 0.3) is 0 Å². The summed E-state index contributed by atoms with van der Waals surface area (Å²) in [5, 5.41) is 8.53. The van der Waals surface area contributed by atoms with Crippen molar-refractivity contribution < 1.29 is 14.1 Å². The highest BCUT2D eigenvalue weighted by Gasteiger charge is 2.28. The van der Waals surface area contributed by atoms with Crippen LogP contribution in [-0.2, 0) is 8.98 Å². The Hall–Kier alpha value is -0.220. The van der Waals surface area contributed by atoms with E-state index in [0.717, 1.165) is 17.8 Å². The molecule has 0 saturated carbocycles. The van der Waals surface area contributed by atoms with Crippen LogP contribution in [0.15, 0.2) is 0 Å². The van der Waals surface area contributed by atoms with Crippen molar-refractivity contribution in [1.82, 2.24) is 0 Å². The molecule has 0 aliphatic heterocycles. The minimum Gasteiger partial charge on any atom is -0.479 e. The Morgan fingerprint density at radius 3 is 2.50 bits per heavy atom. The Bertz CT molecular complexity index is 122. The number of aliphatic carboxylic acids is 1. The van der Waals surface area contributed by atoms with Gasteiger partial charge < -0.3 is 5.11 Å². The number of hydrogen-bond acceptors (Lipinski definition) is 3. The molecule has 60 valence electrons. The van der Waals surface area contributed by atoms with Gasteiger partial charge in [-0.1, -0.05) is 6.92 Å². The summed E-state index contributed by atoms with van der Waals surface area (Å²) in [4.78, 5) is 10.4. The van der Waals surface area contributed by atoms with Gasteiger partial charge in [0.1, 0.15) is 0 Å². The fraction of sp³-hybridized carbons (Fsp3) is 0.833. The van der Waals surface area contributed by atoms with Crippen molar-refractivity contribution in [3.8, 4) is 0 Å². The van der Waals surface area contributed by atoms with Crippen LogP contribution in [0.2, 0.25) is 0 Å². The maximum absolute atomic E-state index is 10.4. The molecule has 0 aliphatic rings.